The van der Waals surface area contributed by atoms with Gasteiger partial charge in [0.1, 0.15) is 11.3 Å². The normalized spacial score (nSPS) is 12.8. The average Bonchev–Trinajstić information content (AvgIpc) is 2.85. The lowest BCUT2D eigenvalue weighted by atomic mass is 9.98. The molecule has 0 fully saturated rings. The zero-order chi connectivity index (χ0) is 28.5. The van der Waals surface area contributed by atoms with Crippen LogP contribution in [0.4, 0.5) is 18.9 Å². The van der Waals surface area contributed by atoms with E-state index in [0.717, 1.165) is 5.56 Å². The molecule has 1 atom stereocenters. The molecule has 0 spiro atoms. The first-order valence-corrected chi connectivity index (χ1v) is 13.4. The van der Waals surface area contributed by atoms with E-state index in [-0.39, 0.29) is 11.1 Å². The maximum absolute atomic E-state index is 13.3. The summed E-state index contributed by atoms with van der Waals surface area (Å²) in [6.45, 7) is 5.22. The minimum Gasteiger partial charge on any atom is -0.455 e. The molecule has 204 valence electrons. The first-order chi connectivity index (χ1) is 18.3. The summed E-state index contributed by atoms with van der Waals surface area (Å²) >= 11 is 0. The molecule has 39 heavy (non-hydrogen) atoms. The maximum Gasteiger partial charge on any atom is 0.404 e. The molecular weight excluding hydrogens is 535 g/mol. The number of hydrogen-bond acceptors (Lipinski definition) is 7. The van der Waals surface area contributed by atoms with Gasteiger partial charge in [-0.1, -0.05) is 36.4 Å². The minimum absolute atomic E-state index is 0.0668. The highest BCUT2D eigenvalue weighted by atomic mass is 32.2. The third-order valence-corrected chi connectivity index (χ3v) is 7.09. The van der Waals surface area contributed by atoms with E-state index in [2.05, 4.69) is 10.3 Å². The van der Waals surface area contributed by atoms with E-state index in [0.29, 0.717) is 33.4 Å². The standard InChI is InChI=1S/C27H24F3N3O5S/c1-15-12-19(25-20(13-15)23(34)16(2)24(38-25)18-8-5-4-6-9-18)17(3)32-21-10-7-11-31-22(21)26(35)33-39(36,37)14-27(28,29)30/h4-13,17,32H,14H2,1-3H3,(H,33,35). The summed E-state index contributed by atoms with van der Waals surface area (Å²) < 4.78 is 69.2. The molecule has 2 N–H and O–H groups in total. The quantitative estimate of drug-likeness (QED) is 0.317. The number of aryl methyl sites for hydroxylation is 1. The largest absolute Gasteiger partial charge is 0.455 e. The smallest absolute Gasteiger partial charge is 0.404 e. The van der Waals surface area contributed by atoms with Crippen LogP contribution in [-0.4, -0.2) is 31.2 Å². The Kier molecular flexibility index (Phi) is 7.51. The van der Waals surface area contributed by atoms with Crippen molar-refractivity contribution >= 4 is 32.6 Å². The van der Waals surface area contributed by atoms with Gasteiger partial charge in [-0.15, -0.1) is 0 Å². The number of rotatable bonds is 7. The number of anilines is 1. The fourth-order valence-corrected chi connectivity index (χ4v) is 5.09. The van der Waals surface area contributed by atoms with Gasteiger partial charge in [-0.2, -0.15) is 13.2 Å². The summed E-state index contributed by atoms with van der Waals surface area (Å²) in [5.74, 6) is -3.13. The number of alkyl halides is 3. The Balaban J connectivity index is 1.74. The molecule has 0 radical (unpaired) electrons. The minimum atomic E-state index is -5.03. The van der Waals surface area contributed by atoms with Gasteiger partial charge in [0.2, 0.25) is 10.0 Å². The van der Waals surface area contributed by atoms with Crippen molar-refractivity contribution in [1.29, 1.82) is 0 Å². The predicted octanol–water partition coefficient (Wildman–Crippen LogP) is 5.27. The van der Waals surface area contributed by atoms with E-state index in [4.69, 9.17) is 4.42 Å². The summed E-state index contributed by atoms with van der Waals surface area (Å²) in [6.07, 6.45) is -3.82. The molecule has 2 aromatic heterocycles. The number of benzene rings is 2. The molecule has 8 nitrogen and oxygen atoms in total. The van der Waals surface area contributed by atoms with E-state index in [1.807, 2.05) is 37.3 Å². The number of hydrogen-bond donors (Lipinski definition) is 2. The van der Waals surface area contributed by atoms with E-state index >= 15 is 0 Å². The van der Waals surface area contributed by atoms with Crippen molar-refractivity contribution in [1.82, 2.24) is 9.71 Å². The highest BCUT2D eigenvalue weighted by Gasteiger charge is 2.36. The van der Waals surface area contributed by atoms with Crippen LogP contribution < -0.4 is 15.5 Å². The molecule has 1 unspecified atom stereocenters. The number of halogens is 3. The number of carbonyl (C=O) groups is 1. The van der Waals surface area contributed by atoms with Crippen molar-refractivity contribution < 1.29 is 30.8 Å². The van der Waals surface area contributed by atoms with Gasteiger partial charge < -0.3 is 9.73 Å². The molecule has 4 aromatic rings. The van der Waals surface area contributed by atoms with E-state index in [1.54, 1.807) is 26.0 Å². The molecule has 0 aliphatic carbocycles. The van der Waals surface area contributed by atoms with Crippen molar-refractivity contribution in [2.45, 2.75) is 33.0 Å². The number of aromatic nitrogens is 1. The third-order valence-electron chi connectivity index (χ3n) is 5.89. The second-order valence-electron chi connectivity index (χ2n) is 9.05. The predicted molar refractivity (Wildman–Crippen MR) is 141 cm³/mol. The molecule has 12 heteroatoms. The lowest BCUT2D eigenvalue weighted by Gasteiger charge is -2.20. The third kappa shape index (κ3) is 6.28. The van der Waals surface area contributed by atoms with Crippen LogP contribution in [0.3, 0.4) is 0 Å². The Bertz CT molecular complexity index is 1720. The molecule has 2 heterocycles. The fraction of sp³-hybridized carbons (Fsp3) is 0.222. The topological polar surface area (TPSA) is 118 Å². The Morgan fingerprint density at radius 3 is 2.44 bits per heavy atom. The van der Waals surface area contributed by atoms with Crippen LogP contribution >= 0.6 is 0 Å². The molecule has 0 saturated carbocycles. The molecule has 0 aliphatic heterocycles. The molecule has 0 aliphatic rings. The van der Waals surface area contributed by atoms with E-state index in [9.17, 15) is 31.2 Å². The van der Waals surface area contributed by atoms with Crippen molar-refractivity contribution in [3.8, 4) is 11.3 Å². The van der Waals surface area contributed by atoms with Crippen LogP contribution in [0.5, 0.6) is 0 Å². The number of nitrogens with zero attached hydrogens (tertiary/aromatic N) is 1. The number of carbonyl (C=O) groups excluding carboxylic acids is 1. The lowest BCUT2D eigenvalue weighted by molar-refractivity contribution is -0.106. The fourth-order valence-electron chi connectivity index (χ4n) is 4.21. The van der Waals surface area contributed by atoms with Gasteiger partial charge in [0.25, 0.3) is 5.91 Å². The summed E-state index contributed by atoms with van der Waals surface area (Å²) in [4.78, 5) is 29.8. The van der Waals surface area contributed by atoms with Crippen LogP contribution in [-0.2, 0) is 10.0 Å². The summed E-state index contributed by atoms with van der Waals surface area (Å²) in [6, 6.07) is 14.9. The highest BCUT2D eigenvalue weighted by Crippen LogP contribution is 2.32. The van der Waals surface area contributed by atoms with Gasteiger partial charge in [0, 0.05) is 22.9 Å². The Morgan fingerprint density at radius 1 is 1.08 bits per heavy atom. The molecule has 2 aromatic carbocycles. The van der Waals surface area contributed by atoms with Gasteiger partial charge >= 0.3 is 6.18 Å². The number of pyridine rings is 1. The summed E-state index contributed by atoms with van der Waals surface area (Å²) in [7, 11) is -5.00. The second-order valence-corrected chi connectivity index (χ2v) is 10.8. The van der Waals surface area contributed by atoms with Crippen molar-refractivity contribution in [3.63, 3.8) is 0 Å². The zero-order valence-electron chi connectivity index (χ0n) is 21.1. The first-order valence-electron chi connectivity index (χ1n) is 11.7. The van der Waals surface area contributed by atoms with Gasteiger partial charge in [0.15, 0.2) is 16.9 Å². The summed E-state index contributed by atoms with van der Waals surface area (Å²) in [5.41, 5.74) is 2.25. The SMILES string of the molecule is Cc1cc(C(C)Nc2cccnc2C(=O)NS(=O)(=O)CC(F)(F)F)c2oc(-c3ccccc3)c(C)c(=O)c2c1. The van der Waals surface area contributed by atoms with Crippen LogP contribution in [0.2, 0.25) is 0 Å². The molecule has 1 amide bonds. The maximum atomic E-state index is 13.3. The number of amides is 1. The highest BCUT2D eigenvalue weighted by molar-refractivity contribution is 7.90. The van der Waals surface area contributed by atoms with E-state index in [1.165, 1.54) is 23.1 Å². The van der Waals surface area contributed by atoms with Gasteiger partial charge in [0.05, 0.1) is 17.1 Å². The molecule has 0 saturated heterocycles. The molecule has 4 rings (SSSR count). The average molecular weight is 560 g/mol. The number of fused-ring (bicyclic) bond motifs is 1. The Morgan fingerprint density at radius 2 is 1.77 bits per heavy atom. The van der Waals surface area contributed by atoms with Crippen molar-refractivity contribution in [2.24, 2.45) is 0 Å². The van der Waals surface area contributed by atoms with Crippen LogP contribution in [0.25, 0.3) is 22.3 Å². The van der Waals surface area contributed by atoms with Gasteiger partial charge in [-0.3, -0.25) is 9.59 Å². The van der Waals surface area contributed by atoms with Crippen LogP contribution in [0.1, 0.15) is 40.1 Å². The van der Waals surface area contributed by atoms with Crippen LogP contribution in [0, 0.1) is 13.8 Å². The number of nitrogens with one attached hydrogen (secondary N) is 2. The van der Waals surface area contributed by atoms with Gasteiger partial charge in [-0.05, 0) is 44.5 Å². The Hall–Kier alpha value is -4.19. The van der Waals surface area contributed by atoms with E-state index < -0.39 is 39.6 Å². The van der Waals surface area contributed by atoms with Crippen molar-refractivity contribution in [2.75, 3.05) is 11.1 Å². The molecular formula is C27H24F3N3O5S. The van der Waals surface area contributed by atoms with Crippen LogP contribution in [0.15, 0.2) is 70.0 Å². The number of sulfonamides is 1. The molecule has 0 bridgehead atoms. The second kappa shape index (κ2) is 10.5. The first kappa shape index (κ1) is 27.8. The lowest BCUT2D eigenvalue weighted by Crippen LogP contribution is -2.38. The zero-order valence-corrected chi connectivity index (χ0v) is 21.9. The van der Waals surface area contributed by atoms with Gasteiger partial charge in [-0.25, -0.2) is 18.1 Å². The van der Waals surface area contributed by atoms with Crippen molar-refractivity contribution in [3.05, 3.63) is 93.4 Å². The Labute approximate surface area is 221 Å². The monoisotopic (exact) mass is 559 g/mol. The summed E-state index contributed by atoms with van der Waals surface area (Å²) in [5, 5.41) is 3.41.